The van der Waals surface area contributed by atoms with E-state index >= 15 is 0 Å². The van der Waals surface area contributed by atoms with Gasteiger partial charge in [0.2, 0.25) is 0 Å². The number of fused-ring (bicyclic) bond motifs is 1. The molecule has 2 N–H and O–H groups in total. The van der Waals surface area contributed by atoms with Gasteiger partial charge in [-0.2, -0.15) is 5.10 Å². The lowest BCUT2D eigenvalue weighted by molar-refractivity contribution is -0.274. The normalized spacial score (nSPS) is 20.2. The maximum atomic E-state index is 12.9. The summed E-state index contributed by atoms with van der Waals surface area (Å²) in [5.74, 6) is -0.280. The molecule has 3 rings (SSSR count). The molecule has 2 aromatic rings. The third kappa shape index (κ3) is 5.78. The molecule has 1 heterocycles. The highest BCUT2D eigenvalue weighted by Crippen LogP contribution is 2.36. The highest BCUT2D eigenvalue weighted by Gasteiger charge is 2.33. The fourth-order valence-electron chi connectivity index (χ4n) is 3.57. The van der Waals surface area contributed by atoms with E-state index in [2.05, 4.69) is 15.2 Å². The van der Waals surface area contributed by atoms with Crippen LogP contribution in [0, 0.1) is 5.92 Å². The molecule has 1 amide bonds. The van der Waals surface area contributed by atoms with E-state index in [-0.39, 0.29) is 24.3 Å². The number of aliphatic hydroxyl groups excluding tert-OH is 1. The molecule has 0 aliphatic heterocycles. The fourth-order valence-corrected chi connectivity index (χ4v) is 3.57. The molecule has 7 nitrogen and oxygen atoms in total. The van der Waals surface area contributed by atoms with Crippen molar-refractivity contribution in [3.8, 4) is 5.75 Å². The molecule has 0 bridgehead atoms. The minimum atomic E-state index is -4.93. The number of ether oxygens (including phenoxy) is 2. The van der Waals surface area contributed by atoms with Crippen LogP contribution < -0.4 is 10.1 Å². The summed E-state index contributed by atoms with van der Waals surface area (Å²) >= 11 is 0. The zero-order valence-electron chi connectivity index (χ0n) is 17.1. The first-order valence-electron chi connectivity index (χ1n) is 9.83. The first-order chi connectivity index (χ1) is 13.9. The minimum absolute atomic E-state index is 0.106. The van der Waals surface area contributed by atoms with Crippen molar-refractivity contribution in [1.29, 1.82) is 0 Å². The molecular formula is C20H26F3N3O4. The topological polar surface area (TPSA) is 85.6 Å². The number of aromatic nitrogens is 2. The van der Waals surface area contributed by atoms with Gasteiger partial charge in [0.05, 0.1) is 17.2 Å². The molecule has 30 heavy (non-hydrogen) atoms. The smallest absolute Gasteiger partial charge is 0.444 e. The van der Waals surface area contributed by atoms with Gasteiger partial charge in [0.15, 0.2) is 5.75 Å². The third-order valence-corrected chi connectivity index (χ3v) is 4.93. The van der Waals surface area contributed by atoms with Crippen molar-refractivity contribution in [2.24, 2.45) is 5.92 Å². The van der Waals surface area contributed by atoms with Crippen LogP contribution in [0.2, 0.25) is 0 Å². The van der Waals surface area contributed by atoms with Crippen LogP contribution in [0.25, 0.3) is 10.9 Å². The van der Waals surface area contributed by atoms with Gasteiger partial charge in [-0.15, -0.1) is 13.2 Å². The summed E-state index contributed by atoms with van der Waals surface area (Å²) in [6, 6.07) is 2.66. The van der Waals surface area contributed by atoms with E-state index in [1.54, 1.807) is 31.6 Å². The molecule has 0 spiro atoms. The van der Waals surface area contributed by atoms with Crippen molar-refractivity contribution < 1.29 is 32.5 Å². The molecule has 166 valence electrons. The Labute approximate surface area is 172 Å². The second-order valence-electron chi connectivity index (χ2n) is 8.55. The Balaban J connectivity index is 1.89. The number of hydrogen-bond acceptors (Lipinski definition) is 5. The summed E-state index contributed by atoms with van der Waals surface area (Å²) < 4.78 is 49.6. The van der Waals surface area contributed by atoms with Crippen molar-refractivity contribution in [3.05, 3.63) is 18.3 Å². The predicted octanol–water partition coefficient (Wildman–Crippen LogP) is 5.01. The summed E-state index contributed by atoms with van der Waals surface area (Å²) in [5, 5.41) is 16.6. The van der Waals surface area contributed by atoms with Crippen LogP contribution in [0.3, 0.4) is 0 Å². The van der Waals surface area contributed by atoms with E-state index in [9.17, 15) is 23.1 Å². The molecule has 0 saturated heterocycles. The molecule has 1 aromatic carbocycles. The highest BCUT2D eigenvalue weighted by molar-refractivity contribution is 5.93. The Bertz CT molecular complexity index is 897. The zero-order valence-corrected chi connectivity index (χ0v) is 17.1. The summed E-state index contributed by atoms with van der Waals surface area (Å²) in [6.45, 7) is 5.11. The van der Waals surface area contributed by atoms with E-state index in [1.807, 2.05) is 0 Å². The summed E-state index contributed by atoms with van der Waals surface area (Å²) in [6.07, 6.45) is -0.678. The van der Waals surface area contributed by atoms with Gasteiger partial charge < -0.3 is 14.6 Å². The van der Waals surface area contributed by atoms with Crippen molar-refractivity contribution in [3.63, 3.8) is 0 Å². The number of carbonyl (C=O) groups is 1. The molecule has 1 fully saturated rings. The van der Waals surface area contributed by atoms with Crippen LogP contribution in [-0.4, -0.2) is 39.6 Å². The van der Waals surface area contributed by atoms with E-state index in [1.165, 1.54) is 6.07 Å². The van der Waals surface area contributed by atoms with Crippen molar-refractivity contribution in [1.82, 2.24) is 9.78 Å². The molecule has 0 radical (unpaired) electrons. The zero-order chi connectivity index (χ0) is 22.1. The molecule has 0 atom stereocenters. The van der Waals surface area contributed by atoms with Crippen LogP contribution in [0.5, 0.6) is 5.75 Å². The Morgan fingerprint density at radius 2 is 1.90 bits per heavy atom. The van der Waals surface area contributed by atoms with Gasteiger partial charge in [0.1, 0.15) is 5.60 Å². The monoisotopic (exact) mass is 429 g/mol. The number of anilines is 1. The second-order valence-corrected chi connectivity index (χ2v) is 8.55. The average molecular weight is 429 g/mol. The Hall–Kier alpha value is -2.49. The number of nitrogens with one attached hydrogen (secondary N) is 1. The number of nitrogens with zero attached hydrogens (tertiary/aromatic N) is 2. The molecule has 1 saturated carbocycles. The van der Waals surface area contributed by atoms with Gasteiger partial charge in [-0.1, -0.05) is 0 Å². The number of rotatable bonds is 4. The molecular weight excluding hydrogens is 403 g/mol. The summed E-state index contributed by atoms with van der Waals surface area (Å²) in [5.41, 5.74) is -0.636. The number of carbonyl (C=O) groups excluding carboxylic acids is 1. The molecule has 1 aliphatic carbocycles. The van der Waals surface area contributed by atoms with Gasteiger partial charge >= 0.3 is 12.5 Å². The van der Waals surface area contributed by atoms with Crippen LogP contribution in [0.4, 0.5) is 23.7 Å². The van der Waals surface area contributed by atoms with Crippen LogP contribution in [-0.2, 0) is 4.74 Å². The van der Waals surface area contributed by atoms with E-state index in [0.717, 1.165) is 31.7 Å². The molecule has 0 unspecified atom stereocenters. The van der Waals surface area contributed by atoms with E-state index < -0.39 is 23.8 Å². The van der Waals surface area contributed by atoms with Crippen LogP contribution in [0.1, 0.15) is 52.5 Å². The number of amides is 1. The first-order valence-corrected chi connectivity index (χ1v) is 9.83. The quantitative estimate of drug-likeness (QED) is 0.714. The Morgan fingerprint density at radius 3 is 2.47 bits per heavy atom. The number of halogens is 3. The Kier molecular flexibility index (Phi) is 6.16. The largest absolute Gasteiger partial charge is 0.573 e. The minimum Gasteiger partial charge on any atom is -0.444 e. The third-order valence-electron chi connectivity index (χ3n) is 4.93. The lowest BCUT2D eigenvalue weighted by Gasteiger charge is -2.27. The Morgan fingerprint density at radius 1 is 1.23 bits per heavy atom. The first kappa shape index (κ1) is 22.2. The summed E-state index contributed by atoms with van der Waals surface area (Å²) in [7, 11) is 0. The second kappa shape index (κ2) is 8.33. The molecule has 10 heteroatoms. The van der Waals surface area contributed by atoms with Gasteiger partial charge in [-0.05, 0) is 58.4 Å². The number of aliphatic hydroxyl groups is 1. The summed E-state index contributed by atoms with van der Waals surface area (Å²) in [4.78, 5) is 12.1. The fraction of sp³-hybridized carbons (Fsp3) is 0.600. The van der Waals surface area contributed by atoms with Crippen LogP contribution in [0.15, 0.2) is 18.3 Å². The maximum absolute atomic E-state index is 12.9. The SMILES string of the molecule is CC(C)(C)OC(=O)Nc1cc2cn(C3CCC(CO)CC3)nc2cc1OC(F)(F)F. The number of hydrogen-bond donors (Lipinski definition) is 2. The average Bonchev–Trinajstić information content (AvgIpc) is 3.02. The lowest BCUT2D eigenvalue weighted by Crippen LogP contribution is -2.27. The van der Waals surface area contributed by atoms with Gasteiger partial charge in [0.25, 0.3) is 0 Å². The lowest BCUT2D eigenvalue weighted by atomic mass is 9.87. The van der Waals surface area contributed by atoms with Gasteiger partial charge in [0, 0.05) is 24.3 Å². The predicted molar refractivity (Wildman–Crippen MR) is 104 cm³/mol. The van der Waals surface area contributed by atoms with Crippen molar-refractivity contribution in [2.75, 3.05) is 11.9 Å². The van der Waals surface area contributed by atoms with Gasteiger partial charge in [-0.3, -0.25) is 10.00 Å². The maximum Gasteiger partial charge on any atom is 0.573 e. The van der Waals surface area contributed by atoms with Crippen molar-refractivity contribution >= 4 is 22.7 Å². The standard InChI is InChI=1S/C20H26F3N3O4/c1-19(2,3)30-18(28)24-16-8-13-10-26(14-6-4-12(11-27)5-7-14)25-15(13)9-17(16)29-20(21,22)23/h8-10,12,14,27H,4-7,11H2,1-3H3,(H,24,28). The number of benzene rings is 1. The molecule has 1 aliphatic rings. The van der Waals surface area contributed by atoms with E-state index in [4.69, 9.17) is 4.74 Å². The number of alkyl halides is 3. The van der Waals surface area contributed by atoms with E-state index in [0.29, 0.717) is 10.9 Å². The highest BCUT2D eigenvalue weighted by atomic mass is 19.4. The molecule has 1 aromatic heterocycles. The van der Waals surface area contributed by atoms with Gasteiger partial charge in [-0.25, -0.2) is 4.79 Å². The van der Waals surface area contributed by atoms with Crippen molar-refractivity contribution in [2.45, 2.75) is 64.5 Å². The van der Waals surface area contributed by atoms with Crippen LogP contribution >= 0.6 is 0 Å².